The molecule has 0 saturated heterocycles. The van der Waals surface area contributed by atoms with Crippen molar-refractivity contribution in [2.24, 2.45) is 0 Å². The van der Waals surface area contributed by atoms with Gasteiger partial charge in [-0.1, -0.05) is 73.9 Å². The molecule has 1 N–H and O–H groups in total. The van der Waals surface area contributed by atoms with E-state index < -0.39 is 0 Å². The van der Waals surface area contributed by atoms with Crippen LogP contribution in [0.5, 0.6) is 0 Å². The fraction of sp³-hybridized carbons (Fsp3) is 0.261. The Morgan fingerprint density at radius 3 is 2.27 bits per heavy atom. The van der Waals surface area contributed by atoms with Crippen molar-refractivity contribution in [1.29, 1.82) is 0 Å². The fourth-order valence-electron chi connectivity index (χ4n) is 4.27. The summed E-state index contributed by atoms with van der Waals surface area (Å²) in [5, 5.41) is 3.61. The van der Waals surface area contributed by atoms with Crippen LogP contribution in [0.15, 0.2) is 59.0 Å². The van der Waals surface area contributed by atoms with Crippen LogP contribution in [0.2, 0.25) is 0 Å². The molecule has 0 amide bonds. The standard InChI is InChI=1S/C23H21NO2/c25-21-18-14-8-7-13-17(18)19-20(21)22(15-9-3-1-4-10-15)26-23(19)24-16-11-5-2-6-12-16/h1,3-4,7-10,13-14,16,24H,2,5-6,11-12H2. The van der Waals surface area contributed by atoms with Gasteiger partial charge in [-0.2, -0.15) is 0 Å². The third-order valence-corrected chi connectivity index (χ3v) is 5.55. The molecule has 0 bridgehead atoms. The molecule has 5 rings (SSSR count). The van der Waals surface area contributed by atoms with Gasteiger partial charge in [-0.3, -0.25) is 4.79 Å². The van der Waals surface area contributed by atoms with Crippen molar-refractivity contribution in [2.75, 3.05) is 5.32 Å². The van der Waals surface area contributed by atoms with Crippen LogP contribution in [-0.4, -0.2) is 11.8 Å². The fourth-order valence-corrected chi connectivity index (χ4v) is 4.27. The highest BCUT2D eigenvalue weighted by Crippen LogP contribution is 2.48. The molecule has 0 atom stereocenters. The average molecular weight is 343 g/mol. The Labute approximate surface area is 153 Å². The van der Waals surface area contributed by atoms with E-state index in [2.05, 4.69) is 5.32 Å². The Morgan fingerprint density at radius 2 is 1.50 bits per heavy atom. The number of benzene rings is 2. The zero-order chi connectivity index (χ0) is 17.5. The molecule has 0 unspecified atom stereocenters. The third kappa shape index (κ3) is 2.38. The molecule has 2 aliphatic carbocycles. The first-order valence-corrected chi connectivity index (χ1v) is 9.46. The molecule has 3 heteroatoms. The zero-order valence-electron chi connectivity index (χ0n) is 14.6. The van der Waals surface area contributed by atoms with Crippen LogP contribution < -0.4 is 5.32 Å². The van der Waals surface area contributed by atoms with Gasteiger partial charge < -0.3 is 9.73 Å². The van der Waals surface area contributed by atoms with Gasteiger partial charge in [0.1, 0.15) is 5.76 Å². The second-order valence-corrected chi connectivity index (χ2v) is 7.23. The van der Waals surface area contributed by atoms with Crippen molar-refractivity contribution in [3.63, 3.8) is 0 Å². The summed E-state index contributed by atoms with van der Waals surface area (Å²) in [5.74, 6) is 1.50. The minimum atomic E-state index is 0.0647. The van der Waals surface area contributed by atoms with Crippen molar-refractivity contribution in [3.8, 4) is 22.5 Å². The number of fused-ring (bicyclic) bond motifs is 3. The van der Waals surface area contributed by atoms with E-state index in [1.165, 1.54) is 19.3 Å². The summed E-state index contributed by atoms with van der Waals surface area (Å²) in [5.41, 5.74) is 4.35. The molecule has 0 spiro atoms. The predicted octanol–water partition coefficient (Wildman–Crippen LogP) is 5.90. The maximum Gasteiger partial charge on any atom is 0.202 e. The van der Waals surface area contributed by atoms with Gasteiger partial charge in [0.25, 0.3) is 0 Å². The maximum atomic E-state index is 13.1. The van der Waals surface area contributed by atoms with Crippen LogP contribution in [0, 0.1) is 0 Å². The van der Waals surface area contributed by atoms with Crippen molar-refractivity contribution >= 4 is 11.7 Å². The molecule has 1 heterocycles. The van der Waals surface area contributed by atoms with Gasteiger partial charge in [0.05, 0.1) is 11.1 Å². The topological polar surface area (TPSA) is 42.2 Å². The van der Waals surface area contributed by atoms with E-state index in [1.807, 2.05) is 54.6 Å². The van der Waals surface area contributed by atoms with Crippen molar-refractivity contribution < 1.29 is 9.21 Å². The molecule has 1 aromatic heterocycles. The Morgan fingerprint density at radius 1 is 0.808 bits per heavy atom. The summed E-state index contributed by atoms with van der Waals surface area (Å²) in [6, 6.07) is 18.2. The molecule has 1 saturated carbocycles. The van der Waals surface area contributed by atoms with Crippen LogP contribution >= 0.6 is 0 Å². The highest BCUT2D eigenvalue weighted by atomic mass is 16.4. The van der Waals surface area contributed by atoms with Crippen LogP contribution in [0.3, 0.4) is 0 Å². The van der Waals surface area contributed by atoms with E-state index >= 15 is 0 Å². The van der Waals surface area contributed by atoms with E-state index in [0.717, 1.165) is 41.0 Å². The normalized spacial score (nSPS) is 16.4. The number of hydrogen-bond donors (Lipinski definition) is 1. The summed E-state index contributed by atoms with van der Waals surface area (Å²) < 4.78 is 6.27. The lowest BCUT2D eigenvalue weighted by Crippen LogP contribution is -2.22. The van der Waals surface area contributed by atoms with Gasteiger partial charge >= 0.3 is 0 Å². The lowest BCUT2D eigenvalue weighted by molar-refractivity contribution is 0.104. The van der Waals surface area contributed by atoms with E-state index in [0.29, 0.717) is 17.4 Å². The monoisotopic (exact) mass is 343 g/mol. The van der Waals surface area contributed by atoms with Crippen LogP contribution in [0.1, 0.15) is 48.0 Å². The second-order valence-electron chi connectivity index (χ2n) is 7.23. The quantitative estimate of drug-likeness (QED) is 0.503. The molecule has 3 aromatic rings. The Bertz CT molecular complexity index is 965. The molecule has 0 radical (unpaired) electrons. The highest BCUT2D eigenvalue weighted by Gasteiger charge is 2.36. The molecule has 2 aliphatic rings. The summed E-state index contributed by atoms with van der Waals surface area (Å²) in [7, 11) is 0. The molecule has 2 aromatic carbocycles. The zero-order valence-corrected chi connectivity index (χ0v) is 14.6. The van der Waals surface area contributed by atoms with E-state index in [1.54, 1.807) is 0 Å². The number of anilines is 1. The number of carbonyl (C=O) groups excluding carboxylic acids is 1. The minimum Gasteiger partial charge on any atom is -0.439 e. The predicted molar refractivity (Wildman–Crippen MR) is 104 cm³/mol. The van der Waals surface area contributed by atoms with Gasteiger partial charge in [0, 0.05) is 17.2 Å². The second kappa shape index (κ2) is 6.17. The van der Waals surface area contributed by atoms with E-state index in [-0.39, 0.29) is 5.78 Å². The maximum absolute atomic E-state index is 13.1. The van der Waals surface area contributed by atoms with Gasteiger partial charge in [-0.25, -0.2) is 0 Å². The van der Waals surface area contributed by atoms with Crippen LogP contribution in [-0.2, 0) is 0 Å². The summed E-state index contributed by atoms with van der Waals surface area (Å²) in [6.07, 6.45) is 6.13. The van der Waals surface area contributed by atoms with Gasteiger partial charge in [-0.15, -0.1) is 0 Å². The van der Waals surface area contributed by atoms with Gasteiger partial charge in [0.15, 0.2) is 5.78 Å². The largest absolute Gasteiger partial charge is 0.439 e. The average Bonchev–Trinajstić information content (AvgIpc) is 3.21. The molecule has 130 valence electrons. The van der Waals surface area contributed by atoms with Crippen LogP contribution in [0.25, 0.3) is 22.5 Å². The Balaban J connectivity index is 1.67. The summed E-state index contributed by atoms with van der Waals surface area (Å²) in [6.45, 7) is 0. The first-order valence-electron chi connectivity index (χ1n) is 9.46. The summed E-state index contributed by atoms with van der Waals surface area (Å²) in [4.78, 5) is 13.1. The number of nitrogens with one attached hydrogen (secondary N) is 1. The molecule has 1 fully saturated rings. The van der Waals surface area contributed by atoms with E-state index in [9.17, 15) is 4.79 Å². The lowest BCUT2D eigenvalue weighted by Gasteiger charge is -2.23. The van der Waals surface area contributed by atoms with Crippen LogP contribution in [0.4, 0.5) is 5.88 Å². The minimum absolute atomic E-state index is 0.0647. The third-order valence-electron chi connectivity index (χ3n) is 5.55. The van der Waals surface area contributed by atoms with E-state index in [4.69, 9.17) is 4.42 Å². The Hall–Kier alpha value is -2.81. The van der Waals surface area contributed by atoms with Gasteiger partial charge in [-0.05, 0) is 18.4 Å². The molecule has 3 nitrogen and oxygen atoms in total. The number of carbonyl (C=O) groups is 1. The number of ketones is 1. The number of hydrogen-bond acceptors (Lipinski definition) is 3. The number of rotatable bonds is 3. The Kier molecular flexibility index (Phi) is 3.66. The number of furan rings is 1. The molecule has 0 aliphatic heterocycles. The van der Waals surface area contributed by atoms with Crippen molar-refractivity contribution in [1.82, 2.24) is 0 Å². The SMILES string of the molecule is O=C1c2ccccc2-c2c(NC3CCCCC3)oc(-c3ccccc3)c21. The molecule has 26 heavy (non-hydrogen) atoms. The molecular formula is C23H21NO2. The van der Waals surface area contributed by atoms with Gasteiger partial charge in [0.2, 0.25) is 5.88 Å². The lowest BCUT2D eigenvalue weighted by atomic mass is 9.95. The first kappa shape index (κ1) is 15.4. The highest BCUT2D eigenvalue weighted by molar-refractivity contribution is 6.26. The van der Waals surface area contributed by atoms with Crippen molar-refractivity contribution in [2.45, 2.75) is 38.1 Å². The smallest absolute Gasteiger partial charge is 0.202 e. The molecular weight excluding hydrogens is 322 g/mol. The first-order chi connectivity index (χ1) is 12.8. The summed E-state index contributed by atoms with van der Waals surface area (Å²) >= 11 is 0. The van der Waals surface area contributed by atoms with Crippen molar-refractivity contribution in [3.05, 3.63) is 65.7 Å².